The van der Waals surface area contributed by atoms with Crippen LogP contribution >= 0.6 is 11.8 Å². The molecule has 0 aromatic rings. The molecule has 2 atom stereocenters. The summed E-state index contributed by atoms with van der Waals surface area (Å²) in [5, 5.41) is 4.22. The zero-order valence-corrected chi connectivity index (χ0v) is 12.4. The number of thioether (sulfide) groups is 1. The van der Waals surface area contributed by atoms with Crippen molar-refractivity contribution < 1.29 is 9.53 Å². The highest BCUT2D eigenvalue weighted by molar-refractivity contribution is 8.00. The summed E-state index contributed by atoms with van der Waals surface area (Å²) >= 11 is 1.96. The highest BCUT2D eigenvalue weighted by Crippen LogP contribution is 2.35. The van der Waals surface area contributed by atoms with Gasteiger partial charge in [0.2, 0.25) is 0 Å². The van der Waals surface area contributed by atoms with E-state index in [2.05, 4.69) is 27.8 Å². The highest BCUT2D eigenvalue weighted by atomic mass is 32.2. The van der Waals surface area contributed by atoms with Gasteiger partial charge in [-0.1, -0.05) is 23.7 Å². The molecule has 0 aromatic carbocycles. The van der Waals surface area contributed by atoms with Crippen molar-refractivity contribution in [3.8, 4) is 0 Å². The Balaban J connectivity index is 2.49. The van der Waals surface area contributed by atoms with Crippen LogP contribution in [0.1, 0.15) is 39.0 Å². The SMILES string of the molecule is CC/C=C1/CCSC1CCC(CC(=O)OC)N=[N+]=[N-]. The minimum absolute atomic E-state index is 0.171. The third-order valence-corrected chi connectivity index (χ3v) is 4.58. The molecule has 1 heterocycles. The zero-order chi connectivity index (χ0) is 14.1. The molecule has 19 heavy (non-hydrogen) atoms. The van der Waals surface area contributed by atoms with E-state index in [1.807, 2.05) is 11.8 Å². The van der Waals surface area contributed by atoms with E-state index in [0.29, 0.717) is 5.25 Å². The predicted molar refractivity (Wildman–Crippen MR) is 78.0 cm³/mol. The molecule has 0 radical (unpaired) electrons. The minimum atomic E-state index is -0.319. The number of azide groups is 1. The van der Waals surface area contributed by atoms with Crippen LogP contribution in [-0.4, -0.2) is 30.1 Å². The van der Waals surface area contributed by atoms with Gasteiger partial charge in [0, 0.05) is 16.2 Å². The van der Waals surface area contributed by atoms with Crippen molar-refractivity contribution in [2.45, 2.75) is 50.3 Å². The van der Waals surface area contributed by atoms with E-state index in [-0.39, 0.29) is 18.4 Å². The Morgan fingerprint density at radius 1 is 1.74 bits per heavy atom. The summed E-state index contributed by atoms with van der Waals surface area (Å²) in [7, 11) is 1.35. The molecule has 106 valence electrons. The molecule has 2 unspecified atom stereocenters. The maximum atomic E-state index is 11.2. The topological polar surface area (TPSA) is 75.1 Å². The largest absolute Gasteiger partial charge is 0.469 e. The molecule has 0 aromatic heterocycles. The van der Waals surface area contributed by atoms with Crippen LogP contribution in [-0.2, 0) is 9.53 Å². The molecule has 0 amide bonds. The number of methoxy groups -OCH3 is 1. The molecule has 5 nitrogen and oxygen atoms in total. The molecule has 0 spiro atoms. The summed E-state index contributed by atoms with van der Waals surface area (Å²) < 4.78 is 4.62. The van der Waals surface area contributed by atoms with Gasteiger partial charge in [0.25, 0.3) is 0 Å². The first-order valence-corrected chi connectivity index (χ1v) is 7.67. The molecule has 1 aliphatic heterocycles. The van der Waals surface area contributed by atoms with Crippen LogP contribution in [0.15, 0.2) is 16.8 Å². The number of hydrogen-bond donors (Lipinski definition) is 0. The molecule has 1 rings (SSSR count). The zero-order valence-electron chi connectivity index (χ0n) is 11.5. The second-order valence-electron chi connectivity index (χ2n) is 4.51. The van der Waals surface area contributed by atoms with Crippen molar-refractivity contribution in [2.24, 2.45) is 5.11 Å². The number of nitrogens with zero attached hydrogens (tertiary/aromatic N) is 3. The number of rotatable bonds is 7. The summed E-state index contributed by atoms with van der Waals surface area (Å²) in [5.41, 5.74) is 10.0. The summed E-state index contributed by atoms with van der Waals surface area (Å²) in [6.45, 7) is 2.15. The second kappa shape index (κ2) is 8.88. The lowest BCUT2D eigenvalue weighted by molar-refractivity contribution is -0.141. The maximum Gasteiger partial charge on any atom is 0.305 e. The Morgan fingerprint density at radius 3 is 3.16 bits per heavy atom. The lowest BCUT2D eigenvalue weighted by Gasteiger charge is -2.14. The van der Waals surface area contributed by atoms with Crippen molar-refractivity contribution >= 4 is 17.7 Å². The van der Waals surface area contributed by atoms with Gasteiger partial charge in [0.15, 0.2) is 0 Å². The first kappa shape index (κ1) is 15.9. The normalized spacial score (nSPS) is 22.0. The molecule has 6 heteroatoms. The van der Waals surface area contributed by atoms with Crippen LogP contribution in [0.2, 0.25) is 0 Å². The van der Waals surface area contributed by atoms with E-state index in [0.717, 1.165) is 25.7 Å². The smallest absolute Gasteiger partial charge is 0.305 e. The van der Waals surface area contributed by atoms with Crippen molar-refractivity contribution in [3.63, 3.8) is 0 Å². The van der Waals surface area contributed by atoms with Crippen LogP contribution in [0.4, 0.5) is 0 Å². The first-order chi connectivity index (χ1) is 9.21. The molecule has 0 saturated carbocycles. The molecule has 0 N–H and O–H groups in total. The Bertz CT molecular complexity index is 378. The number of carbonyl (C=O) groups excluding carboxylic acids is 1. The third kappa shape index (κ3) is 5.57. The van der Waals surface area contributed by atoms with E-state index in [1.165, 1.54) is 18.4 Å². The van der Waals surface area contributed by atoms with E-state index < -0.39 is 0 Å². The molecule has 1 aliphatic rings. The number of allylic oxidation sites excluding steroid dienone is 1. The number of hydrogen-bond acceptors (Lipinski definition) is 4. The fourth-order valence-corrected chi connectivity index (χ4v) is 3.61. The lowest BCUT2D eigenvalue weighted by Crippen LogP contribution is -2.14. The fourth-order valence-electron chi connectivity index (χ4n) is 2.24. The van der Waals surface area contributed by atoms with Crippen LogP contribution in [0, 0.1) is 0 Å². The molecule has 0 aliphatic carbocycles. The van der Waals surface area contributed by atoms with Crippen molar-refractivity contribution in [1.82, 2.24) is 0 Å². The van der Waals surface area contributed by atoms with Crippen LogP contribution in [0.25, 0.3) is 10.4 Å². The van der Waals surface area contributed by atoms with Gasteiger partial charge in [-0.2, -0.15) is 11.8 Å². The Morgan fingerprint density at radius 2 is 2.53 bits per heavy atom. The summed E-state index contributed by atoms with van der Waals surface area (Å²) in [6, 6.07) is -0.290. The van der Waals surface area contributed by atoms with E-state index in [9.17, 15) is 4.79 Å². The molecule has 1 fully saturated rings. The molecular formula is C13H21N3O2S. The molecular weight excluding hydrogens is 262 g/mol. The van der Waals surface area contributed by atoms with E-state index in [1.54, 1.807) is 0 Å². The fraction of sp³-hybridized carbons (Fsp3) is 0.769. The van der Waals surface area contributed by atoms with Gasteiger partial charge in [0.05, 0.1) is 13.5 Å². The summed E-state index contributed by atoms with van der Waals surface area (Å²) in [4.78, 5) is 14.1. The van der Waals surface area contributed by atoms with Crippen molar-refractivity contribution in [1.29, 1.82) is 0 Å². The van der Waals surface area contributed by atoms with Gasteiger partial charge in [-0.25, -0.2) is 0 Å². The van der Waals surface area contributed by atoms with Gasteiger partial charge in [-0.15, -0.1) is 0 Å². The van der Waals surface area contributed by atoms with Gasteiger partial charge in [0.1, 0.15) is 0 Å². The second-order valence-corrected chi connectivity index (χ2v) is 5.82. The number of esters is 1. The van der Waals surface area contributed by atoms with E-state index in [4.69, 9.17) is 5.53 Å². The lowest BCUT2D eigenvalue weighted by atomic mass is 10.0. The van der Waals surface area contributed by atoms with Gasteiger partial charge < -0.3 is 4.74 Å². The monoisotopic (exact) mass is 283 g/mol. The van der Waals surface area contributed by atoms with Crippen molar-refractivity contribution in [3.05, 3.63) is 22.1 Å². The Labute approximate surface area is 118 Å². The first-order valence-electron chi connectivity index (χ1n) is 6.62. The predicted octanol–water partition coefficient (Wildman–Crippen LogP) is 3.85. The van der Waals surface area contributed by atoms with Gasteiger partial charge in [-0.3, -0.25) is 4.79 Å². The number of ether oxygens (including phenoxy) is 1. The van der Waals surface area contributed by atoms with Gasteiger partial charge >= 0.3 is 5.97 Å². The van der Waals surface area contributed by atoms with Gasteiger partial charge in [-0.05, 0) is 37.0 Å². The Hall–Kier alpha value is -1.13. The quantitative estimate of drug-likeness (QED) is 0.234. The minimum Gasteiger partial charge on any atom is -0.469 e. The van der Waals surface area contributed by atoms with Crippen LogP contribution < -0.4 is 0 Å². The average molecular weight is 283 g/mol. The van der Waals surface area contributed by atoms with Crippen molar-refractivity contribution in [2.75, 3.05) is 12.9 Å². The van der Waals surface area contributed by atoms with Crippen LogP contribution in [0.3, 0.4) is 0 Å². The summed E-state index contributed by atoms with van der Waals surface area (Å²) in [5.74, 6) is 0.848. The standard InChI is InChI=1S/C13H21N3O2S/c1-3-4-10-7-8-19-12(10)6-5-11(15-16-14)9-13(17)18-2/h4,11-12H,3,5-9H2,1-2H3/b10-4-. The summed E-state index contributed by atoms with van der Waals surface area (Å²) in [6.07, 6.45) is 6.38. The third-order valence-electron chi connectivity index (χ3n) is 3.20. The van der Waals surface area contributed by atoms with Crippen LogP contribution in [0.5, 0.6) is 0 Å². The number of carbonyl (C=O) groups is 1. The Kier molecular flexibility index (Phi) is 7.45. The molecule has 0 bridgehead atoms. The maximum absolute atomic E-state index is 11.2. The highest BCUT2D eigenvalue weighted by Gasteiger charge is 2.23. The van der Waals surface area contributed by atoms with E-state index >= 15 is 0 Å². The molecule has 1 saturated heterocycles. The average Bonchev–Trinajstić information content (AvgIpc) is 2.84.